The molecule has 31 heavy (non-hydrogen) atoms. The number of nitrogens with zero attached hydrogens (tertiary/aromatic N) is 1. The van der Waals surface area contributed by atoms with Gasteiger partial charge in [-0.2, -0.15) is 0 Å². The van der Waals surface area contributed by atoms with Gasteiger partial charge in [0.05, 0.1) is 6.04 Å². The van der Waals surface area contributed by atoms with E-state index in [1.807, 2.05) is 10.8 Å². The molecule has 7 N–H and O–H groups in total. The van der Waals surface area contributed by atoms with E-state index in [2.05, 4.69) is 4.98 Å². The van der Waals surface area contributed by atoms with Crippen molar-refractivity contribution in [2.24, 2.45) is 5.73 Å². The zero-order chi connectivity index (χ0) is 23.3. The molecule has 2 heterocycles. The van der Waals surface area contributed by atoms with Crippen molar-refractivity contribution in [1.29, 1.82) is 0 Å². The van der Waals surface area contributed by atoms with Crippen LogP contribution in [0.4, 0.5) is 8.78 Å². The predicted molar refractivity (Wildman–Crippen MR) is 104 cm³/mol. The van der Waals surface area contributed by atoms with Crippen LogP contribution in [0.15, 0.2) is 18.3 Å². The fourth-order valence-corrected chi connectivity index (χ4v) is 3.34. The summed E-state index contributed by atoms with van der Waals surface area (Å²) in [7, 11) is 0. The largest absolute Gasteiger partial charge is 0.488 e. The molecule has 0 radical (unpaired) electrons. The second-order valence-electron chi connectivity index (χ2n) is 6.60. The van der Waals surface area contributed by atoms with Crippen LogP contribution in [0.25, 0.3) is 0 Å². The smallest absolute Gasteiger partial charge is 0.335 e. The molecule has 3 rings (SSSR count). The van der Waals surface area contributed by atoms with Crippen LogP contribution in [0.3, 0.4) is 0 Å². The van der Waals surface area contributed by atoms with Crippen molar-refractivity contribution in [2.45, 2.75) is 31.1 Å². The van der Waals surface area contributed by atoms with E-state index in [0.29, 0.717) is 36.3 Å². The van der Waals surface area contributed by atoms with E-state index in [9.17, 15) is 18.4 Å². The van der Waals surface area contributed by atoms with Crippen molar-refractivity contribution in [3.05, 3.63) is 46.0 Å². The van der Waals surface area contributed by atoms with Crippen LogP contribution in [0.1, 0.15) is 17.3 Å². The maximum Gasteiger partial charge on any atom is 0.335 e. The minimum Gasteiger partial charge on any atom is -0.488 e. The predicted octanol–water partition coefficient (Wildman–Crippen LogP) is 0.379. The van der Waals surface area contributed by atoms with Crippen LogP contribution in [0.5, 0.6) is 5.75 Å². The SMILES string of the molecule is NCCc1c[nH]c(=S)n1[C@H]1COc2c(F)cc(F)cc2C1.O=C(O)[C@H](O)[C@@H](O)C(=O)O. The molecular weight excluding hydrogens is 440 g/mol. The van der Waals surface area contributed by atoms with Gasteiger partial charge in [0, 0.05) is 36.4 Å². The molecule has 0 bridgehead atoms. The number of nitrogens with two attached hydrogens (primary N) is 1. The molecule has 1 aliphatic heterocycles. The van der Waals surface area contributed by atoms with Gasteiger partial charge in [-0.15, -0.1) is 0 Å². The Morgan fingerprint density at radius 2 is 1.87 bits per heavy atom. The van der Waals surface area contributed by atoms with E-state index in [0.717, 1.165) is 11.8 Å². The van der Waals surface area contributed by atoms with Gasteiger partial charge in [0.25, 0.3) is 0 Å². The molecule has 10 nitrogen and oxygen atoms in total. The molecule has 0 spiro atoms. The van der Waals surface area contributed by atoms with Gasteiger partial charge >= 0.3 is 11.9 Å². The number of hydrogen-bond donors (Lipinski definition) is 6. The Morgan fingerprint density at radius 3 is 2.42 bits per heavy atom. The average Bonchev–Trinajstić information content (AvgIpc) is 3.07. The molecular formula is C18H21F2N3O7S. The fourth-order valence-electron chi connectivity index (χ4n) is 3.01. The third-order valence-electron chi connectivity index (χ3n) is 4.42. The van der Waals surface area contributed by atoms with Crippen molar-refractivity contribution in [3.63, 3.8) is 0 Å². The van der Waals surface area contributed by atoms with Crippen LogP contribution in [-0.4, -0.2) is 67.3 Å². The van der Waals surface area contributed by atoms with Crippen molar-refractivity contribution < 1.29 is 43.5 Å². The van der Waals surface area contributed by atoms with Gasteiger partial charge in [0.2, 0.25) is 0 Å². The second-order valence-corrected chi connectivity index (χ2v) is 6.99. The number of halogens is 2. The van der Waals surface area contributed by atoms with Crippen LogP contribution in [0, 0.1) is 16.4 Å². The minimum absolute atomic E-state index is 0.0981. The number of aromatic amines is 1. The van der Waals surface area contributed by atoms with Gasteiger partial charge in [-0.05, 0) is 24.8 Å². The lowest BCUT2D eigenvalue weighted by Crippen LogP contribution is -2.39. The third-order valence-corrected chi connectivity index (χ3v) is 4.74. The zero-order valence-electron chi connectivity index (χ0n) is 16.0. The van der Waals surface area contributed by atoms with Crippen molar-refractivity contribution in [2.75, 3.05) is 13.2 Å². The molecule has 0 saturated carbocycles. The molecule has 0 fully saturated rings. The van der Waals surface area contributed by atoms with E-state index >= 15 is 0 Å². The number of benzene rings is 1. The van der Waals surface area contributed by atoms with E-state index in [1.165, 1.54) is 6.07 Å². The van der Waals surface area contributed by atoms with Gasteiger partial charge in [-0.25, -0.2) is 18.4 Å². The Balaban J connectivity index is 0.000000291. The monoisotopic (exact) mass is 461 g/mol. The van der Waals surface area contributed by atoms with Gasteiger partial charge in [-0.1, -0.05) is 0 Å². The molecule has 2 aromatic rings. The summed E-state index contributed by atoms with van der Waals surface area (Å²) in [6.07, 6.45) is -1.58. The number of H-pyrrole nitrogens is 1. The molecule has 0 aliphatic carbocycles. The first-order chi connectivity index (χ1) is 14.6. The van der Waals surface area contributed by atoms with E-state index < -0.39 is 35.8 Å². The summed E-state index contributed by atoms with van der Waals surface area (Å²) in [6.45, 7) is 0.791. The number of ether oxygens (including phenoxy) is 1. The molecule has 0 saturated heterocycles. The second kappa shape index (κ2) is 10.4. The molecule has 13 heteroatoms. The maximum absolute atomic E-state index is 13.7. The van der Waals surface area contributed by atoms with Crippen LogP contribution < -0.4 is 10.5 Å². The summed E-state index contributed by atoms with van der Waals surface area (Å²) in [5.74, 6) is -4.67. The van der Waals surface area contributed by atoms with Gasteiger partial charge in [-0.3, -0.25) is 0 Å². The summed E-state index contributed by atoms with van der Waals surface area (Å²) in [5, 5.41) is 32.5. The first-order valence-electron chi connectivity index (χ1n) is 8.98. The first kappa shape index (κ1) is 24.4. The maximum atomic E-state index is 13.7. The minimum atomic E-state index is -2.27. The highest BCUT2D eigenvalue weighted by Gasteiger charge is 2.29. The lowest BCUT2D eigenvalue weighted by Gasteiger charge is -2.27. The lowest BCUT2D eigenvalue weighted by atomic mass is 10.0. The highest BCUT2D eigenvalue weighted by atomic mass is 32.1. The standard InChI is InChI=1S/C14H15F2N3OS.C4H6O6/c15-9-3-8-4-11(7-20-13(8)12(16)5-9)19-10(1-2-17)6-18-14(19)21;5-1(3(7)8)2(6)4(9)10/h3,5-6,11H,1-2,4,7,17H2,(H,18,21);1-2,5-6H,(H,7,8)(H,9,10)/t11-;1-,2-/m11/s1. The number of aliphatic hydroxyl groups is 2. The zero-order valence-corrected chi connectivity index (χ0v) is 16.8. The number of fused-ring (bicyclic) bond motifs is 1. The Morgan fingerprint density at radius 1 is 1.26 bits per heavy atom. The van der Waals surface area contributed by atoms with E-state index in [4.69, 9.17) is 43.1 Å². The third kappa shape index (κ3) is 5.85. The highest BCUT2D eigenvalue weighted by Crippen LogP contribution is 2.33. The average molecular weight is 461 g/mol. The summed E-state index contributed by atoms with van der Waals surface area (Å²) >= 11 is 5.28. The number of rotatable bonds is 6. The normalized spacial score (nSPS) is 16.9. The topological polar surface area (TPSA) is 171 Å². The van der Waals surface area contributed by atoms with E-state index in [1.54, 1.807) is 0 Å². The fraction of sp³-hybridized carbons (Fsp3) is 0.389. The molecule has 3 atom stereocenters. The molecule has 1 aromatic carbocycles. The number of carboxylic acid groups (broad SMARTS) is 2. The number of carboxylic acids is 2. The number of nitrogens with one attached hydrogen (secondary N) is 1. The molecule has 170 valence electrons. The van der Waals surface area contributed by atoms with Gasteiger partial charge < -0.3 is 40.4 Å². The Labute approximate surface area is 179 Å². The number of aliphatic hydroxyl groups excluding tert-OH is 2. The molecule has 1 aliphatic rings. The van der Waals surface area contributed by atoms with Gasteiger partial charge in [0.15, 0.2) is 28.5 Å². The molecule has 0 unspecified atom stereocenters. The number of hydrogen-bond acceptors (Lipinski definition) is 7. The lowest BCUT2D eigenvalue weighted by molar-refractivity contribution is -0.165. The number of aliphatic carboxylic acids is 2. The van der Waals surface area contributed by atoms with Crippen molar-refractivity contribution in [1.82, 2.24) is 9.55 Å². The quantitative estimate of drug-likeness (QED) is 0.333. The van der Waals surface area contributed by atoms with Crippen LogP contribution in [0.2, 0.25) is 0 Å². The summed E-state index contributed by atoms with van der Waals surface area (Å²) in [4.78, 5) is 22.5. The van der Waals surface area contributed by atoms with Gasteiger partial charge in [0.1, 0.15) is 12.4 Å². The summed E-state index contributed by atoms with van der Waals surface area (Å²) in [5.41, 5.74) is 7.08. The number of carbonyl (C=O) groups is 2. The molecule has 0 amide bonds. The number of aromatic nitrogens is 2. The Hall–Kier alpha value is -2.87. The Bertz CT molecular complexity index is 993. The van der Waals surface area contributed by atoms with Crippen molar-refractivity contribution >= 4 is 24.2 Å². The van der Waals surface area contributed by atoms with E-state index in [-0.39, 0.29) is 11.8 Å². The first-order valence-corrected chi connectivity index (χ1v) is 9.38. The van der Waals surface area contributed by atoms with Crippen molar-refractivity contribution in [3.8, 4) is 5.75 Å². The van der Waals surface area contributed by atoms with Crippen LogP contribution in [-0.2, 0) is 22.4 Å². The highest BCUT2D eigenvalue weighted by molar-refractivity contribution is 7.71. The molecule has 1 aromatic heterocycles. The van der Waals surface area contributed by atoms with Crippen LogP contribution >= 0.6 is 12.2 Å². The summed E-state index contributed by atoms with van der Waals surface area (Å²) < 4.78 is 35.0. The Kier molecular flexibility index (Phi) is 8.21. The summed E-state index contributed by atoms with van der Waals surface area (Å²) in [6, 6.07) is 2.05. The number of imidazole rings is 1.